The van der Waals surface area contributed by atoms with E-state index < -0.39 is 5.79 Å². The highest BCUT2D eigenvalue weighted by molar-refractivity contribution is 5.86. The Hall–Kier alpha value is -2.51. The Morgan fingerprint density at radius 3 is 2.83 bits per heavy atom. The predicted molar refractivity (Wildman–Crippen MR) is 113 cm³/mol. The summed E-state index contributed by atoms with van der Waals surface area (Å²) in [4.78, 5) is 12.9. The molecule has 0 radical (unpaired) electrons. The first-order valence-corrected chi connectivity index (χ1v) is 10.8. The van der Waals surface area contributed by atoms with Gasteiger partial charge in [0.15, 0.2) is 5.79 Å². The molecule has 30 heavy (non-hydrogen) atoms. The van der Waals surface area contributed by atoms with Gasteiger partial charge < -0.3 is 19.8 Å². The number of nitrogen functional groups attached to an aromatic ring is 1. The van der Waals surface area contributed by atoms with Crippen molar-refractivity contribution in [3.05, 3.63) is 48.7 Å². The van der Waals surface area contributed by atoms with Crippen molar-refractivity contribution in [3.63, 3.8) is 0 Å². The zero-order chi connectivity index (χ0) is 20.5. The van der Waals surface area contributed by atoms with E-state index in [0.29, 0.717) is 11.7 Å². The molecule has 0 bridgehead atoms. The van der Waals surface area contributed by atoms with E-state index in [1.165, 1.54) is 5.56 Å². The van der Waals surface area contributed by atoms with Crippen LogP contribution in [0.1, 0.15) is 44.7 Å². The van der Waals surface area contributed by atoms with Crippen LogP contribution in [-0.4, -0.2) is 37.5 Å². The molecule has 7 nitrogen and oxygen atoms in total. The minimum Gasteiger partial charge on any atom is -0.383 e. The van der Waals surface area contributed by atoms with Crippen LogP contribution < -0.4 is 5.73 Å². The lowest BCUT2D eigenvalue weighted by atomic mass is 9.58. The van der Waals surface area contributed by atoms with Crippen LogP contribution >= 0.6 is 0 Å². The van der Waals surface area contributed by atoms with Crippen LogP contribution in [0.3, 0.4) is 0 Å². The number of anilines is 1. The van der Waals surface area contributed by atoms with Crippen LogP contribution in [0.4, 0.5) is 5.82 Å². The molecule has 3 aromatic heterocycles. The Kier molecular flexibility index (Phi) is 3.81. The zero-order valence-corrected chi connectivity index (χ0v) is 17.4. The smallest absolute Gasteiger partial charge is 0.163 e. The van der Waals surface area contributed by atoms with Gasteiger partial charge in [0.1, 0.15) is 23.9 Å². The summed E-state index contributed by atoms with van der Waals surface area (Å²) in [5.74, 6) is 0.624. The van der Waals surface area contributed by atoms with Gasteiger partial charge in [-0.05, 0) is 63.1 Å². The average Bonchev–Trinajstić information content (AvgIpc) is 3.33. The van der Waals surface area contributed by atoms with Crippen molar-refractivity contribution < 1.29 is 9.47 Å². The lowest BCUT2D eigenvalue weighted by Crippen LogP contribution is -2.46. The monoisotopic (exact) mass is 405 g/mol. The van der Waals surface area contributed by atoms with E-state index in [0.717, 1.165) is 36.7 Å². The molecule has 0 amide bonds. The summed E-state index contributed by atoms with van der Waals surface area (Å²) in [5.41, 5.74) is 8.43. The van der Waals surface area contributed by atoms with Crippen LogP contribution in [0, 0.1) is 11.3 Å². The van der Waals surface area contributed by atoms with E-state index in [1.807, 2.05) is 38.4 Å². The van der Waals surface area contributed by atoms with Crippen molar-refractivity contribution in [1.29, 1.82) is 0 Å². The lowest BCUT2D eigenvalue weighted by molar-refractivity contribution is -0.181. The highest BCUT2D eigenvalue weighted by Gasteiger charge is 2.65. The van der Waals surface area contributed by atoms with Crippen LogP contribution in [0.15, 0.2) is 43.1 Å². The fourth-order valence-electron chi connectivity index (χ4n) is 6.19. The standard InChI is InChI=1S/C23H27N5O2/c1-22(2)29-18-17(28-7-5-16-20(24)26-13-27-21(16)28)11-23(19(18)30-22)9-15(10-23)8-14-4-3-6-25-12-14/h3-7,12-13,15,17-19H,8-11H2,1-2H3,(H2,24,26,27)/t15-,17-,18+,19+,23+/m1/s1. The fourth-order valence-corrected chi connectivity index (χ4v) is 6.19. The van der Waals surface area contributed by atoms with Gasteiger partial charge in [0, 0.05) is 24.0 Å². The van der Waals surface area contributed by atoms with Gasteiger partial charge in [-0.25, -0.2) is 9.97 Å². The van der Waals surface area contributed by atoms with Gasteiger partial charge in [-0.2, -0.15) is 0 Å². The van der Waals surface area contributed by atoms with E-state index in [2.05, 4.69) is 31.8 Å². The molecule has 0 unspecified atom stereocenters. The van der Waals surface area contributed by atoms with Crippen molar-refractivity contribution in [3.8, 4) is 0 Å². The summed E-state index contributed by atoms with van der Waals surface area (Å²) in [6, 6.07) is 6.39. The Balaban J connectivity index is 1.30. The molecule has 1 spiro atoms. The molecule has 2 aliphatic carbocycles. The number of ether oxygens (including phenoxy) is 2. The molecule has 3 aliphatic rings. The molecule has 4 heterocycles. The predicted octanol–water partition coefficient (Wildman–Crippen LogP) is 3.51. The van der Waals surface area contributed by atoms with Gasteiger partial charge in [0.2, 0.25) is 0 Å². The lowest BCUT2D eigenvalue weighted by Gasteiger charge is -2.49. The fraction of sp³-hybridized carbons (Fsp3) is 0.522. The van der Waals surface area contributed by atoms with Crippen LogP contribution in [0.5, 0.6) is 0 Å². The quantitative estimate of drug-likeness (QED) is 0.717. The number of rotatable bonds is 3. The second-order valence-electron chi connectivity index (χ2n) is 9.71. The van der Waals surface area contributed by atoms with Crippen LogP contribution in [0.2, 0.25) is 0 Å². The van der Waals surface area contributed by atoms with Crippen molar-refractivity contribution in [2.24, 2.45) is 11.3 Å². The van der Waals surface area contributed by atoms with Gasteiger partial charge in [-0.1, -0.05) is 6.07 Å². The molecule has 3 aromatic rings. The molecule has 156 valence electrons. The first-order valence-electron chi connectivity index (χ1n) is 10.8. The third-order valence-electron chi connectivity index (χ3n) is 7.26. The van der Waals surface area contributed by atoms with Crippen molar-refractivity contribution in [2.75, 3.05) is 5.73 Å². The molecule has 2 saturated carbocycles. The number of hydrogen-bond acceptors (Lipinski definition) is 6. The second kappa shape index (κ2) is 6.25. The summed E-state index contributed by atoms with van der Waals surface area (Å²) in [6.07, 6.45) is 12.0. The van der Waals surface area contributed by atoms with Gasteiger partial charge >= 0.3 is 0 Å². The van der Waals surface area contributed by atoms with E-state index >= 15 is 0 Å². The minimum atomic E-state index is -0.563. The summed E-state index contributed by atoms with van der Waals surface area (Å²) < 4.78 is 15.2. The minimum absolute atomic E-state index is 0.0196. The molecule has 3 fully saturated rings. The summed E-state index contributed by atoms with van der Waals surface area (Å²) >= 11 is 0. The summed E-state index contributed by atoms with van der Waals surface area (Å²) in [5, 5.41) is 0.899. The maximum Gasteiger partial charge on any atom is 0.163 e. The Morgan fingerprint density at radius 1 is 1.17 bits per heavy atom. The molecule has 7 heteroatoms. The number of hydrogen-bond donors (Lipinski definition) is 1. The van der Waals surface area contributed by atoms with E-state index in [4.69, 9.17) is 15.2 Å². The van der Waals surface area contributed by atoms with E-state index in [-0.39, 0.29) is 23.7 Å². The molecule has 0 aromatic carbocycles. The van der Waals surface area contributed by atoms with Gasteiger partial charge in [-0.3, -0.25) is 4.98 Å². The van der Waals surface area contributed by atoms with E-state index in [9.17, 15) is 0 Å². The van der Waals surface area contributed by atoms with Crippen LogP contribution in [0.25, 0.3) is 11.0 Å². The van der Waals surface area contributed by atoms with Crippen molar-refractivity contribution >= 4 is 16.9 Å². The number of nitrogens with zero attached hydrogens (tertiary/aromatic N) is 4. The Morgan fingerprint density at radius 2 is 2.03 bits per heavy atom. The molecule has 1 aliphatic heterocycles. The Labute approximate surface area is 175 Å². The van der Waals surface area contributed by atoms with Gasteiger partial charge in [-0.15, -0.1) is 0 Å². The van der Waals surface area contributed by atoms with E-state index in [1.54, 1.807) is 6.33 Å². The highest BCUT2D eigenvalue weighted by atomic mass is 16.8. The highest BCUT2D eigenvalue weighted by Crippen LogP contribution is 2.64. The number of fused-ring (bicyclic) bond motifs is 3. The first-order chi connectivity index (χ1) is 14.4. The third kappa shape index (κ3) is 2.68. The van der Waals surface area contributed by atoms with Crippen molar-refractivity contribution in [1.82, 2.24) is 19.5 Å². The number of aromatic nitrogens is 4. The first kappa shape index (κ1) is 18.3. The molecule has 6 rings (SSSR count). The van der Waals surface area contributed by atoms with Gasteiger partial charge in [0.05, 0.1) is 17.5 Å². The summed E-state index contributed by atoms with van der Waals surface area (Å²) in [6.45, 7) is 4.05. The normalized spacial score (nSPS) is 34.3. The summed E-state index contributed by atoms with van der Waals surface area (Å²) in [7, 11) is 0. The molecular weight excluding hydrogens is 378 g/mol. The number of nitrogens with two attached hydrogens (primary N) is 1. The maximum absolute atomic E-state index is 6.49. The third-order valence-corrected chi connectivity index (χ3v) is 7.26. The Bertz CT molecular complexity index is 1090. The second-order valence-corrected chi connectivity index (χ2v) is 9.71. The molecular formula is C23H27N5O2. The SMILES string of the molecule is CC1(C)O[C@H]2[C@H](n3ccc4c(N)ncnc43)C[C@]3(C[C@H](Cc4cccnc4)C3)[C@H]2O1. The number of pyridine rings is 1. The largest absolute Gasteiger partial charge is 0.383 e. The zero-order valence-electron chi connectivity index (χ0n) is 17.4. The molecule has 1 saturated heterocycles. The molecule has 3 atom stereocenters. The van der Waals surface area contributed by atoms with Crippen LogP contribution in [-0.2, 0) is 15.9 Å². The average molecular weight is 406 g/mol. The topological polar surface area (TPSA) is 88.1 Å². The van der Waals surface area contributed by atoms with Crippen molar-refractivity contribution in [2.45, 2.75) is 63.6 Å². The van der Waals surface area contributed by atoms with Gasteiger partial charge in [0.25, 0.3) is 0 Å². The molecule has 2 N–H and O–H groups in total. The maximum atomic E-state index is 6.49.